The molecule has 0 bridgehead atoms. The molecule has 84 valence electrons. The monoisotopic (exact) mass is 324 g/mol. The largest absolute Gasteiger partial charge is 0.490 e. The van der Waals surface area contributed by atoms with Crippen molar-refractivity contribution in [2.24, 2.45) is 0 Å². The third-order valence-electron chi connectivity index (χ3n) is 1.66. The molecule has 0 aliphatic heterocycles. The van der Waals surface area contributed by atoms with Crippen LogP contribution in [0.4, 0.5) is 4.39 Å². The summed E-state index contributed by atoms with van der Waals surface area (Å²) in [6.45, 7) is 5.99. The van der Waals surface area contributed by atoms with E-state index in [-0.39, 0.29) is 17.6 Å². The fourth-order valence-electron chi connectivity index (χ4n) is 1.14. The molecule has 0 N–H and O–H groups in total. The first-order chi connectivity index (χ1) is 7.06. The first-order valence-electron chi connectivity index (χ1n) is 4.83. The minimum Gasteiger partial charge on any atom is -0.490 e. The summed E-state index contributed by atoms with van der Waals surface area (Å²) in [5.41, 5.74) is 0. The van der Waals surface area contributed by atoms with E-state index in [1.54, 1.807) is 12.1 Å². The molecule has 0 saturated carbocycles. The number of benzene rings is 1. The molecule has 1 aromatic rings. The van der Waals surface area contributed by atoms with Gasteiger partial charge in [0.2, 0.25) is 5.82 Å². The van der Waals surface area contributed by atoms with Crippen molar-refractivity contribution in [1.82, 2.24) is 0 Å². The van der Waals surface area contributed by atoms with Crippen LogP contribution in [0.3, 0.4) is 0 Å². The SMILES string of the molecule is CCOc1c(I)ccc(OC(C)C)c1F. The molecule has 0 aromatic heterocycles. The summed E-state index contributed by atoms with van der Waals surface area (Å²) in [6.07, 6.45) is -0.0472. The predicted octanol–water partition coefficient (Wildman–Crippen LogP) is 3.62. The Morgan fingerprint density at radius 2 is 2.07 bits per heavy atom. The van der Waals surface area contributed by atoms with Gasteiger partial charge < -0.3 is 9.47 Å². The maximum Gasteiger partial charge on any atom is 0.207 e. The van der Waals surface area contributed by atoms with Crippen LogP contribution >= 0.6 is 22.6 Å². The van der Waals surface area contributed by atoms with Crippen LogP contribution in [-0.4, -0.2) is 12.7 Å². The summed E-state index contributed by atoms with van der Waals surface area (Å²) >= 11 is 2.04. The number of ether oxygens (including phenoxy) is 2. The lowest BCUT2D eigenvalue weighted by molar-refractivity contribution is 0.225. The van der Waals surface area contributed by atoms with Crippen molar-refractivity contribution in [3.05, 3.63) is 21.5 Å². The summed E-state index contributed by atoms with van der Waals surface area (Å²) in [4.78, 5) is 0. The van der Waals surface area contributed by atoms with Crippen molar-refractivity contribution in [3.63, 3.8) is 0 Å². The van der Waals surface area contributed by atoms with Crippen LogP contribution < -0.4 is 9.47 Å². The third-order valence-corrected chi connectivity index (χ3v) is 2.51. The number of rotatable bonds is 4. The zero-order valence-electron chi connectivity index (χ0n) is 9.01. The minimum absolute atomic E-state index is 0.0472. The van der Waals surface area contributed by atoms with E-state index in [9.17, 15) is 4.39 Å². The molecule has 1 rings (SSSR count). The van der Waals surface area contributed by atoms with E-state index >= 15 is 0 Å². The zero-order valence-corrected chi connectivity index (χ0v) is 11.2. The van der Waals surface area contributed by atoms with Crippen molar-refractivity contribution in [1.29, 1.82) is 0 Å². The smallest absolute Gasteiger partial charge is 0.207 e. The van der Waals surface area contributed by atoms with Gasteiger partial charge in [0.25, 0.3) is 0 Å². The summed E-state index contributed by atoms with van der Waals surface area (Å²) in [7, 11) is 0. The van der Waals surface area contributed by atoms with Gasteiger partial charge in [0, 0.05) is 0 Å². The van der Waals surface area contributed by atoms with Gasteiger partial charge in [-0.1, -0.05) is 0 Å². The molecular formula is C11H14FIO2. The Morgan fingerprint density at radius 1 is 1.40 bits per heavy atom. The van der Waals surface area contributed by atoms with Crippen molar-refractivity contribution < 1.29 is 13.9 Å². The summed E-state index contributed by atoms with van der Waals surface area (Å²) in [6, 6.07) is 3.41. The topological polar surface area (TPSA) is 18.5 Å². The highest BCUT2D eigenvalue weighted by atomic mass is 127. The standard InChI is InChI=1S/C11H14FIO2/c1-4-14-11-8(13)5-6-9(10(11)12)15-7(2)3/h5-7H,4H2,1-3H3. The highest BCUT2D eigenvalue weighted by molar-refractivity contribution is 14.1. The number of halogens is 2. The normalized spacial score (nSPS) is 10.5. The molecule has 0 radical (unpaired) electrons. The molecule has 15 heavy (non-hydrogen) atoms. The van der Waals surface area contributed by atoms with Crippen LogP contribution in [0.2, 0.25) is 0 Å². The Labute approximate surface area is 103 Å². The zero-order chi connectivity index (χ0) is 11.4. The first-order valence-corrected chi connectivity index (χ1v) is 5.91. The number of hydrogen-bond donors (Lipinski definition) is 0. The fourth-order valence-corrected chi connectivity index (χ4v) is 1.71. The molecule has 0 spiro atoms. The Bertz CT molecular complexity index is 340. The quantitative estimate of drug-likeness (QED) is 0.788. The molecule has 0 heterocycles. The van der Waals surface area contributed by atoms with Crippen molar-refractivity contribution in [3.8, 4) is 11.5 Å². The maximum absolute atomic E-state index is 13.8. The molecule has 2 nitrogen and oxygen atoms in total. The fraction of sp³-hybridized carbons (Fsp3) is 0.455. The van der Waals surface area contributed by atoms with Gasteiger partial charge in [-0.05, 0) is 55.5 Å². The van der Waals surface area contributed by atoms with E-state index in [0.29, 0.717) is 6.61 Å². The molecule has 0 unspecified atom stereocenters. The number of hydrogen-bond acceptors (Lipinski definition) is 2. The van der Waals surface area contributed by atoms with E-state index in [0.717, 1.165) is 3.57 Å². The average molecular weight is 324 g/mol. The van der Waals surface area contributed by atoms with E-state index in [1.807, 2.05) is 43.4 Å². The van der Waals surface area contributed by atoms with E-state index in [2.05, 4.69) is 0 Å². The van der Waals surface area contributed by atoms with Gasteiger partial charge in [0.05, 0.1) is 16.3 Å². The lowest BCUT2D eigenvalue weighted by atomic mass is 10.3. The molecule has 0 saturated heterocycles. The van der Waals surface area contributed by atoms with Gasteiger partial charge in [-0.15, -0.1) is 0 Å². The predicted molar refractivity (Wildman–Crippen MR) is 66.1 cm³/mol. The van der Waals surface area contributed by atoms with Gasteiger partial charge >= 0.3 is 0 Å². The molecule has 1 aromatic carbocycles. The average Bonchev–Trinajstić information content (AvgIpc) is 2.16. The maximum atomic E-state index is 13.8. The van der Waals surface area contributed by atoms with E-state index in [1.165, 1.54) is 0 Å². The van der Waals surface area contributed by atoms with Crippen molar-refractivity contribution in [2.75, 3.05) is 6.61 Å². The lowest BCUT2D eigenvalue weighted by Gasteiger charge is -2.14. The van der Waals surface area contributed by atoms with Crippen LogP contribution in [-0.2, 0) is 0 Å². The van der Waals surface area contributed by atoms with Crippen LogP contribution in [0.5, 0.6) is 11.5 Å². The second-order valence-corrected chi connectivity index (χ2v) is 4.45. The molecular weight excluding hydrogens is 310 g/mol. The van der Waals surface area contributed by atoms with Gasteiger partial charge in [0.1, 0.15) is 0 Å². The molecule has 0 aliphatic carbocycles. The second-order valence-electron chi connectivity index (χ2n) is 3.29. The van der Waals surface area contributed by atoms with Crippen molar-refractivity contribution in [2.45, 2.75) is 26.9 Å². The molecule has 0 amide bonds. The Morgan fingerprint density at radius 3 is 2.60 bits per heavy atom. The molecule has 4 heteroatoms. The summed E-state index contributed by atoms with van der Waals surface area (Å²) < 4.78 is 25.1. The molecule has 0 aliphatic rings. The summed E-state index contributed by atoms with van der Waals surface area (Å²) in [5.74, 6) is 0.0996. The Hall–Kier alpha value is -0.520. The third kappa shape index (κ3) is 3.22. The van der Waals surface area contributed by atoms with Gasteiger partial charge in [0.15, 0.2) is 11.5 Å². The summed E-state index contributed by atoms with van der Waals surface area (Å²) in [5, 5.41) is 0. The van der Waals surface area contributed by atoms with Crippen molar-refractivity contribution >= 4 is 22.6 Å². The van der Waals surface area contributed by atoms with Crippen LogP contribution in [0, 0.1) is 9.39 Å². The second kappa shape index (κ2) is 5.53. The van der Waals surface area contributed by atoms with Gasteiger partial charge in [-0.3, -0.25) is 0 Å². The van der Waals surface area contributed by atoms with Gasteiger partial charge in [-0.25, -0.2) is 0 Å². The van der Waals surface area contributed by atoms with Crippen LogP contribution in [0.1, 0.15) is 20.8 Å². The molecule has 0 atom stereocenters. The highest BCUT2D eigenvalue weighted by Gasteiger charge is 2.14. The lowest BCUT2D eigenvalue weighted by Crippen LogP contribution is -2.08. The Kier molecular flexibility index (Phi) is 4.63. The van der Waals surface area contributed by atoms with E-state index in [4.69, 9.17) is 9.47 Å². The van der Waals surface area contributed by atoms with Crippen LogP contribution in [0.25, 0.3) is 0 Å². The highest BCUT2D eigenvalue weighted by Crippen LogP contribution is 2.32. The first kappa shape index (κ1) is 12.5. The van der Waals surface area contributed by atoms with Gasteiger partial charge in [-0.2, -0.15) is 4.39 Å². The molecule has 0 fully saturated rings. The van der Waals surface area contributed by atoms with E-state index < -0.39 is 5.82 Å². The van der Waals surface area contributed by atoms with Crippen LogP contribution in [0.15, 0.2) is 12.1 Å². The Balaban J connectivity index is 3.04. The minimum atomic E-state index is -0.419.